The molecule has 1 aromatic carbocycles. The summed E-state index contributed by atoms with van der Waals surface area (Å²) in [7, 11) is 0. The normalized spacial score (nSPS) is 25.7. The Bertz CT molecular complexity index is 404. The Labute approximate surface area is 99.6 Å². The maximum Gasteiger partial charge on any atom is 0.261 e. The number of thiocarbonyl (C=S) groups is 2. The minimum Gasteiger partial charge on any atom is -0.469 e. The molecule has 4 heteroatoms. The van der Waals surface area contributed by atoms with E-state index < -0.39 is 0 Å². The SMILES string of the molecule is CC1(c2ccccc2)COC(=S)NC1=S. The molecule has 1 unspecified atom stereocenters. The van der Waals surface area contributed by atoms with Gasteiger partial charge in [0.15, 0.2) is 0 Å². The van der Waals surface area contributed by atoms with Crippen LogP contribution in [-0.4, -0.2) is 16.8 Å². The number of nitrogens with one attached hydrogen (secondary N) is 1. The van der Waals surface area contributed by atoms with Gasteiger partial charge in [-0.1, -0.05) is 42.5 Å². The molecule has 15 heavy (non-hydrogen) atoms. The second-order valence-electron chi connectivity index (χ2n) is 3.73. The van der Waals surface area contributed by atoms with E-state index in [9.17, 15) is 0 Å². The smallest absolute Gasteiger partial charge is 0.261 e. The van der Waals surface area contributed by atoms with Crippen molar-refractivity contribution in [3.63, 3.8) is 0 Å². The Morgan fingerprint density at radius 1 is 1.27 bits per heavy atom. The van der Waals surface area contributed by atoms with Crippen molar-refractivity contribution >= 4 is 34.6 Å². The first-order valence-electron chi connectivity index (χ1n) is 4.67. The molecule has 1 N–H and O–H groups in total. The summed E-state index contributed by atoms with van der Waals surface area (Å²) < 4.78 is 5.35. The molecule has 78 valence electrons. The maximum absolute atomic E-state index is 5.35. The van der Waals surface area contributed by atoms with E-state index in [4.69, 9.17) is 29.2 Å². The number of rotatable bonds is 1. The summed E-state index contributed by atoms with van der Waals surface area (Å²) in [4.78, 5) is 0.727. The molecule has 1 aliphatic heterocycles. The van der Waals surface area contributed by atoms with E-state index >= 15 is 0 Å². The summed E-state index contributed by atoms with van der Waals surface area (Å²) >= 11 is 10.2. The summed E-state index contributed by atoms with van der Waals surface area (Å²) in [6.07, 6.45) is 0. The Hall–Kier alpha value is -1.000. The zero-order valence-electron chi connectivity index (χ0n) is 8.32. The van der Waals surface area contributed by atoms with Gasteiger partial charge in [-0.2, -0.15) is 0 Å². The van der Waals surface area contributed by atoms with Crippen molar-refractivity contribution in [3.8, 4) is 0 Å². The molecule has 0 amide bonds. The molecule has 2 rings (SSSR count). The van der Waals surface area contributed by atoms with Gasteiger partial charge in [0.05, 0.1) is 10.4 Å². The minimum absolute atomic E-state index is 0.279. The highest BCUT2D eigenvalue weighted by atomic mass is 32.1. The average Bonchev–Trinajstić information content (AvgIpc) is 2.25. The lowest BCUT2D eigenvalue weighted by molar-refractivity contribution is 0.241. The van der Waals surface area contributed by atoms with Crippen molar-refractivity contribution in [1.82, 2.24) is 5.32 Å². The van der Waals surface area contributed by atoms with Crippen LogP contribution in [0.4, 0.5) is 0 Å². The third-order valence-electron chi connectivity index (χ3n) is 2.62. The van der Waals surface area contributed by atoms with Crippen molar-refractivity contribution in [2.75, 3.05) is 6.61 Å². The van der Waals surface area contributed by atoms with Crippen molar-refractivity contribution in [3.05, 3.63) is 35.9 Å². The van der Waals surface area contributed by atoms with Crippen LogP contribution in [0.25, 0.3) is 0 Å². The molecule has 1 aromatic rings. The van der Waals surface area contributed by atoms with E-state index in [0.717, 1.165) is 10.6 Å². The molecule has 1 aliphatic rings. The average molecular weight is 237 g/mol. The van der Waals surface area contributed by atoms with Gasteiger partial charge in [-0.15, -0.1) is 0 Å². The highest BCUT2D eigenvalue weighted by molar-refractivity contribution is 7.81. The maximum atomic E-state index is 5.35. The Kier molecular flexibility index (Phi) is 2.71. The van der Waals surface area contributed by atoms with E-state index in [-0.39, 0.29) is 5.41 Å². The highest BCUT2D eigenvalue weighted by Crippen LogP contribution is 2.27. The molecule has 1 atom stereocenters. The molecule has 0 aliphatic carbocycles. The monoisotopic (exact) mass is 237 g/mol. The topological polar surface area (TPSA) is 21.3 Å². The lowest BCUT2D eigenvalue weighted by atomic mass is 9.82. The lowest BCUT2D eigenvalue weighted by Gasteiger charge is -2.35. The fourth-order valence-corrected chi connectivity index (χ4v) is 2.06. The van der Waals surface area contributed by atoms with Crippen molar-refractivity contribution in [2.45, 2.75) is 12.3 Å². The molecule has 0 saturated carbocycles. The first-order valence-corrected chi connectivity index (χ1v) is 5.48. The summed E-state index contributed by atoms with van der Waals surface area (Å²) in [6, 6.07) is 10.1. The second kappa shape index (κ2) is 3.87. The van der Waals surface area contributed by atoms with Crippen LogP contribution >= 0.6 is 24.4 Å². The summed E-state index contributed by atoms with van der Waals surface area (Å²) in [5.74, 6) is 0. The minimum atomic E-state index is -0.279. The molecule has 0 spiro atoms. The van der Waals surface area contributed by atoms with Crippen LogP contribution in [0.5, 0.6) is 0 Å². The second-order valence-corrected chi connectivity index (χ2v) is 4.51. The lowest BCUT2D eigenvalue weighted by Crippen LogP contribution is -2.52. The fourth-order valence-electron chi connectivity index (χ4n) is 1.56. The van der Waals surface area contributed by atoms with Gasteiger partial charge in [0.1, 0.15) is 6.61 Å². The van der Waals surface area contributed by atoms with Gasteiger partial charge in [0, 0.05) is 0 Å². The molecular weight excluding hydrogens is 226 g/mol. The largest absolute Gasteiger partial charge is 0.469 e. The number of benzene rings is 1. The van der Waals surface area contributed by atoms with Crippen molar-refractivity contribution in [2.24, 2.45) is 0 Å². The van der Waals surface area contributed by atoms with Crippen molar-refractivity contribution < 1.29 is 4.74 Å². The van der Waals surface area contributed by atoms with Gasteiger partial charge in [0.25, 0.3) is 5.17 Å². The standard InChI is InChI=1S/C11H11NOS2/c1-11(8-5-3-2-4-6-8)7-13-10(15)12-9(11)14/h2-6H,7H2,1H3,(H,12,14,15). The van der Waals surface area contributed by atoms with Crippen LogP contribution in [0.15, 0.2) is 30.3 Å². The molecule has 1 heterocycles. The zero-order valence-corrected chi connectivity index (χ0v) is 9.95. The van der Waals surface area contributed by atoms with Gasteiger partial charge >= 0.3 is 0 Å². The van der Waals surface area contributed by atoms with E-state index in [1.807, 2.05) is 30.3 Å². The summed E-state index contributed by atoms with van der Waals surface area (Å²) in [5.41, 5.74) is 0.865. The van der Waals surface area contributed by atoms with Gasteiger partial charge in [-0.05, 0) is 24.7 Å². The van der Waals surface area contributed by atoms with Crippen LogP contribution in [0.3, 0.4) is 0 Å². The predicted molar refractivity (Wildman–Crippen MR) is 68.1 cm³/mol. The molecule has 0 aromatic heterocycles. The highest BCUT2D eigenvalue weighted by Gasteiger charge is 2.36. The van der Waals surface area contributed by atoms with Crippen molar-refractivity contribution in [1.29, 1.82) is 0 Å². The number of ether oxygens (including phenoxy) is 1. The molecule has 2 nitrogen and oxygen atoms in total. The zero-order chi connectivity index (χ0) is 10.9. The molecule has 1 saturated heterocycles. The first-order chi connectivity index (χ1) is 7.13. The third-order valence-corrected chi connectivity index (χ3v) is 3.39. The summed E-state index contributed by atoms with van der Waals surface area (Å²) in [5, 5.41) is 3.28. The van der Waals surface area contributed by atoms with Crippen LogP contribution in [-0.2, 0) is 10.2 Å². The fraction of sp³-hybridized carbons (Fsp3) is 0.273. The van der Waals surface area contributed by atoms with E-state index in [1.165, 1.54) is 0 Å². The number of hydrogen-bond acceptors (Lipinski definition) is 3. The molecule has 1 fully saturated rings. The molecular formula is C11H11NOS2. The van der Waals surface area contributed by atoms with Gasteiger partial charge in [-0.25, -0.2) is 0 Å². The third kappa shape index (κ3) is 1.87. The first kappa shape index (κ1) is 10.5. The summed E-state index contributed by atoms with van der Waals surface area (Å²) in [6.45, 7) is 2.56. The van der Waals surface area contributed by atoms with Gasteiger partial charge < -0.3 is 10.1 Å². The Morgan fingerprint density at radius 3 is 2.53 bits per heavy atom. The van der Waals surface area contributed by atoms with E-state index in [0.29, 0.717) is 11.8 Å². The predicted octanol–water partition coefficient (Wildman–Crippen LogP) is 2.18. The van der Waals surface area contributed by atoms with E-state index in [2.05, 4.69) is 12.2 Å². The van der Waals surface area contributed by atoms with E-state index in [1.54, 1.807) is 0 Å². The quantitative estimate of drug-likeness (QED) is 0.755. The van der Waals surface area contributed by atoms with Crippen LogP contribution in [0, 0.1) is 0 Å². The van der Waals surface area contributed by atoms with Crippen LogP contribution in [0.2, 0.25) is 0 Å². The Morgan fingerprint density at radius 2 is 1.93 bits per heavy atom. The van der Waals surface area contributed by atoms with Crippen LogP contribution < -0.4 is 5.32 Å². The van der Waals surface area contributed by atoms with Gasteiger partial charge in [0.2, 0.25) is 0 Å². The van der Waals surface area contributed by atoms with Crippen LogP contribution in [0.1, 0.15) is 12.5 Å². The van der Waals surface area contributed by atoms with Gasteiger partial charge in [-0.3, -0.25) is 0 Å². The number of hydrogen-bond donors (Lipinski definition) is 1. The molecule has 0 bridgehead atoms. The Balaban J connectivity index is 2.35. The molecule has 0 radical (unpaired) electrons.